The molecule has 1 heterocycles. The van der Waals surface area contributed by atoms with Crippen molar-refractivity contribution in [2.24, 2.45) is 0 Å². The highest BCUT2D eigenvalue weighted by molar-refractivity contribution is 6.04. The molecule has 0 aromatic heterocycles. The average molecular weight is 382 g/mol. The number of carbonyl (C=O) groups is 2. The molecular formula is C22H26N2O4. The molecule has 2 N–H and O–H groups in total. The second kappa shape index (κ2) is 9.37. The van der Waals surface area contributed by atoms with Gasteiger partial charge in [0.25, 0.3) is 11.8 Å². The van der Waals surface area contributed by atoms with E-state index < -0.39 is 0 Å². The van der Waals surface area contributed by atoms with Crippen LogP contribution in [0.15, 0.2) is 48.5 Å². The third-order valence-electron chi connectivity index (χ3n) is 4.40. The molecule has 1 unspecified atom stereocenters. The molecular weight excluding hydrogens is 356 g/mol. The summed E-state index contributed by atoms with van der Waals surface area (Å²) in [6.45, 7) is 5.15. The Hall–Kier alpha value is -2.86. The number of amides is 2. The Balaban J connectivity index is 1.53. The summed E-state index contributed by atoms with van der Waals surface area (Å²) in [5.74, 6) is 0.365. The Morgan fingerprint density at radius 2 is 1.68 bits per heavy atom. The van der Waals surface area contributed by atoms with E-state index in [1.54, 1.807) is 48.5 Å². The fourth-order valence-electron chi connectivity index (χ4n) is 2.92. The summed E-state index contributed by atoms with van der Waals surface area (Å²) in [5.41, 5.74) is 1.72. The Morgan fingerprint density at radius 3 is 2.29 bits per heavy atom. The molecule has 28 heavy (non-hydrogen) atoms. The first-order valence-corrected chi connectivity index (χ1v) is 9.58. The maximum Gasteiger partial charge on any atom is 0.255 e. The van der Waals surface area contributed by atoms with Gasteiger partial charge in [0.1, 0.15) is 12.4 Å². The van der Waals surface area contributed by atoms with Gasteiger partial charge in [-0.3, -0.25) is 9.59 Å². The number of anilines is 1. The molecule has 0 aliphatic carbocycles. The summed E-state index contributed by atoms with van der Waals surface area (Å²) in [5, 5.41) is 5.66. The van der Waals surface area contributed by atoms with Gasteiger partial charge in [-0.1, -0.05) is 0 Å². The molecule has 1 saturated heterocycles. The Labute approximate surface area is 165 Å². The standard InChI is InChI=1S/C22H26N2O4/c1-15(2)23-21(25)16-5-9-18(10-6-16)24-22(26)17-7-11-19(12-8-17)28-14-20-4-3-13-27-20/h5-12,15,20H,3-4,13-14H2,1-2H3,(H,23,25)(H,24,26). The quantitative estimate of drug-likeness (QED) is 0.767. The van der Waals surface area contributed by atoms with Gasteiger partial charge in [0.05, 0.1) is 6.10 Å². The fraction of sp³-hybridized carbons (Fsp3) is 0.364. The molecule has 0 saturated carbocycles. The van der Waals surface area contributed by atoms with E-state index in [1.807, 2.05) is 13.8 Å². The van der Waals surface area contributed by atoms with Crippen LogP contribution in [0, 0.1) is 0 Å². The maximum atomic E-state index is 12.4. The second-order valence-electron chi connectivity index (χ2n) is 7.13. The maximum absolute atomic E-state index is 12.4. The van der Waals surface area contributed by atoms with Gasteiger partial charge in [-0.15, -0.1) is 0 Å². The lowest BCUT2D eigenvalue weighted by molar-refractivity contribution is 0.0679. The molecule has 2 aromatic rings. The van der Waals surface area contributed by atoms with Crippen LogP contribution in [-0.2, 0) is 4.74 Å². The van der Waals surface area contributed by atoms with Crippen LogP contribution in [0.5, 0.6) is 5.75 Å². The molecule has 0 spiro atoms. The van der Waals surface area contributed by atoms with E-state index in [0.29, 0.717) is 29.2 Å². The van der Waals surface area contributed by atoms with E-state index in [4.69, 9.17) is 9.47 Å². The first-order valence-electron chi connectivity index (χ1n) is 9.58. The van der Waals surface area contributed by atoms with Gasteiger partial charge in [-0.25, -0.2) is 0 Å². The highest BCUT2D eigenvalue weighted by Gasteiger charge is 2.16. The zero-order chi connectivity index (χ0) is 19.9. The summed E-state index contributed by atoms with van der Waals surface area (Å²) >= 11 is 0. The van der Waals surface area contributed by atoms with Crippen molar-refractivity contribution in [2.75, 3.05) is 18.5 Å². The van der Waals surface area contributed by atoms with Crippen LogP contribution in [0.1, 0.15) is 47.4 Å². The minimum absolute atomic E-state index is 0.0736. The summed E-state index contributed by atoms with van der Waals surface area (Å²) in [6.07, 6.45) is 2.27. The van der Waals surface area contributed by atoms with E-state index >= 15 is 0 Å². The number of carbonyl (C=O) groups excluding carboxylic acids is 2. The largest absolute Gasteiger partial charge is 0.491 e. The Morgan fingerprint density at radius 1 is 1.04 bits per heavy atom. The predicted octanol–water partition coefficient (Wildman–Crippen LogP) is 3.63. The first kappa shape index (κ1) is 19.9. The van der Waals surface area contributed by atoms with Gasteiger partial charge < -0.3 is 20.1 Å². The molecule has 2 amide bonds. The summed E-state index contributed by atoms with van der Waals surface area (Å²) in [7, 11) is 0. The lowest BCUT2D eigenvalue weighted by atomic mass is 10.1. The van der Waals surface area contributed by atoms with Crippen molar-refractivity contribution in [1.29, 1.82) is 0 Å². The third kappa shape index (κ3) is 5.57. The SMILES string of the molecule is CC(C)NC(=O)c1ccc(NC(=O)c2ccc(OCC3CCCO3)cc2)cc1. The van der Waals surface area contributed by atoms with Crippen molar-refractivity contribution in [3.63, 3.8) is 0 Å². The minimum Gasteiger partial charge on any atom is -0.491 e. The van der Waals surface area contributed by atoms with Crippen LogP contribution < -0.4 is 15.4 Å². The van der Waals surface area contributed by atoms with Crippen LogP contribution in [0.4, 0.5) is 5.69 Å². The molecule has 0 radical (unpaired) electrons. The van der Waals surface area contributed by atoms with Crippen LogP contribution in [0.2, 0.25) is 0 Å². The molecule has 1 aliphatic rings. The van der Waals surface area contributed by atoms with Crippen molar-refractivity contribution in [3.8, 4) is 5.75 Å². The molecule has 1 atom stereocenters. The summed E-state index contributed by atoms with van der Waals surface area (Å²) in [6, 6.07) is 13.9. The van der Waals surface area contributed by atoms with E-state index in [1.165, 1.54) is 0 Å². The monoisotopic (exact) mass is 382 g/mol. The van der Waals surface area contributed by atoms with E-state index in [2.05, 4.69) is 10.6 Å². The van der Waals surface area contributed by atoms with Crippen molar-refractivity contribution >= 4 is 17.5 Å². The Kier molecular flexibility index (Phi) is 6.66. The van der Waals surface area contributed by atoms with E-state index in [0.717, 1.165) is 19.4 Å². The molecule has 1 fully saturated rings. The number of ether oxygens (including phenoxy) is 2. The van der Waals surface area contributed by atoms with Crippen molar-refractivity contribution in [3.05, 3.63) is 59.7 Å². The highest BCUT2D eigenvalue weighted by atomic mass is 16.5. The minimum atomic E-state index is -0.218. The van der Waals surface area contributed by atoms with Crippen molar-refractivity contribution in [2.45, 2.75) is 38.8 Å². The van der Waals surface area contributed by atoms with Crippen LogP contribution in [-0.4, -0.2) is 37.2 Å². The number of hydrogen-bond acceptors (Lipinski definition) is 4. The highest BCUT2D eigenvalue weighted by Crippen LogP contribution is 2.18. The van der Waals surface area contributed by atoms with Crippen molar-refractivity contribution in [1.82, 2.24) is 5.32 Å². The fourth-order valence-corrected chi connectivity index (χ4v) is 2.92. The smallest absolute Gasteiger partial charge is 0.255 e. The summed E-state index contributed by atoms with van der Waals surface area (Å²) < 4.78 is 11.2. The first-order chi connectivity index (χ1) is 13.5. The van der Waals surface area contributed by atoms with E-state index in [-0.39, 0.29) is 24.0 Å². The average Bonchev–Trinajstić information content (AvgIpc) is 3.20. The normalized spacial score (nSPS) is 16.0. The number of rotatable bonds is 7. The van der Waals surface area contributed by atoms with E-state index in [9.17, 15) is 9.59 Å². The molecule has 0 bridgehead atoms. The van der Waals surface area contributed by atoms with Crippen molar-refractivity contribution < 1.29 is 19.1 Å². The molecule has 3 rings (SSSR count). The second-order valence-corrected chi connectivity index (χ2v) is 7.13. The number of benzene rings is 2. The lowest BCUT2D eigenvalue weighted by Gasteiger charge is -2.12. The predicted molar refractivity (Wildman–Crippen MR) is 108 cm³/mol. The number of hydrogen-bond donors (Lipinski definition) is 2. The zero-order valence-corrected chi connectivity index (χ0v) is 16.2. The van der Waals surface area contributed by atoms with Gasteiger partial charge in [0, 0.05) is 29.5 Å². The Bertz CT molecular complexity index is 794. The van der Waals surface area contributed by atoms with Gasteiger partial charge in [0.15, 0.2) is 0 Å². The van der Waals surface area contributed by atoms with Crippen LogP contribution in [0.3, 0.4) is 0 Å². The molecule has 2 aromatic carbocycles. The summed E-state index contributed by atoms with van der Waals surface area (Å²) in [4.78, 5) is 24.4. The molecule has 148 valence electrons. The van der Waals surface area contributed by atoms with Crippen LogP contribution in [0.25, 0.3) is 0 Å². The zero-order valence-electron chi connectivity index (χ0n) is 16.2. The third-order valence-corrected chi connectivity index (χ3v) is 4.40. The molecule has 1 aliphatic heterocycles. The van der Waals surface area contributed by atoms with Gasteiger partial charge in [-0.2, -0.15) is 0 Å². The molecule has 6 nitrogen and oxygen atoms in total. The molecule has 6 heteroatoms. The van der Waals surface area contributed by atoms with Gasteiger partial charge >= 0.3 is 0 Å². The van der Waals surface area contributed by atoms with Crippen LogP contribution >= 0.6 is 0 Å². The number of nitrogens with one attached hydrogen (secondary N) is 2. The lowest BCUT2D eigenvalue weighted by Crippen LogP contribution is -2.30. The van der Waals surface area contributed by atoms with Gasteiger partial charge in [0.2, 0.25) is 0 Å². The topological polar surface area (TPSA) is 76.7 Å². The van der Waals surface area contributed by atoms with Gasteiger partial charge in [-0.05, 0) is 75.2 Å².